The molecule has 2 heterocycles. The number of nitrogens with one attached hydrogen (secondary N) is 1. The lowest BCUT2D eigenvalue weighted by Gasteiger charge is -2.27. The van der Waals surface area contributed by atoms with Crippen molar-refractivity contribution in [2.45, 2.75) is 26.2 Å². The summed E-state index contributed by atoms with van der Waals surface area (Å²) in [5, 5.41) is 12.6. The Balaban J connectivity index is 2.04. The smallest absolute Gasteiger partial charge is 0.225 e. The maximum atomic E-state index is 11.9. The van der Waals surface area contributed by atoms with Crippen LogP contribution in [0.15, 0.2) is 40.5 Å². The van der Waals surface area contributed by atoms with Crippen molar-refractivity contribution < 1.29 is 14.3 Å². The van der Waals surface area contributed by atoms with E-state index in [1.807, 2.05) is 38.1 Å². The number of amides is 1. The van der Waals surface area contributed by atoms with Gasteiger partial charge in [-0.3, -0.25) is 4.79 Å². The summed E-state index contributed by atoms with van der Waals surface area (Å²) in [6, 6.07) is 7.28. The molecule has 1 aromatic carbocycles. The van der Waals surface area contributed by atoms with Gasteiger partial charge in [0.05, 0.1) is 6.26 Å². The molecule has 1 atom stereocenters. The molecule has 1 amide bonds. The zero-order valence-corrected chi connectivity index (χ0v) is 12.0. The highest BCUT2D eigenvalue weighted by Crippen LogP contribution is 2.40. The molecule has 0 saturated heterocycles. The summed E-state index contributed by atoms with van der Waals surface area (Å²) >= 11 is 0. The normalized spacial score (nSPS) is 18.3. The summed E-state index contributed by atoms with van der Waals surface area (Å²) in [7, 11) is 0. The molecule has 1 aromatic heterocycles. The molecule has 21 heavy (non-hydrogen) atoms. The van der Waals surface area contributed by atoms with Crippen molar-refractivity contribution >= 4 is 17.7 Å². The Morgan fingerprint density at radius 1 is 1.48 bits per heavy atom. The third-order valence-corrected chi connectivity index (χ3v) is 3.87. The van der Waals surface area contributed by atoms with E-state index in [1.165, 1.54) is 0 Å². The number of aromatic hydroxyl groups is 1. The molecule has 0 radical (unpaired) electrons. The number of allylic oxidation sites excluding steroid dienone is 1. The fourth-order valence-corrected chi connectivity index (χ4v) is 2.72. The summed E-state index contributed by atoms with van der Waals surface area (Å²) in [4.78, 5) is 11.9. The lowest BCUT2D eigenvalue weighted by Crippen LogP contribution is -2.23. The molecule has 0 unspecified atom stereocenters. The zero-order valence-electron chi connectivity index (χ0n) is 12.0. The molecule has 2 aromatic rings. The van der Waals surface area contributed by atoms with Crippen molar-refractivity contribution in [3.63, 3.8) is 0 Å². The molecule has 0 aliphatic carbocycles. The number of benzene rings is 1. The van der Waals surface area contributed by atoms with Gasteiger partial charge in [-0.05, 0) is 49.2 Å². The highest BCUT2D eigenvalue weighted by molar-refractivity contribution is 5.95. The van der Waals surface area contributed by atoms with E-state index in [0.29, 0.717) is 12.1 Å². The Kier molecular flexibility index (Phi) is 3.29. The number of fused-ring (bicyclic) bond motifs is 1. The lowest BCUT2D eigenvalue weighted by atomic mass is 9.84. The first-order valence-corrected chi connectivity index (χ1v) is 6.89. The van der Waals surface area contributed by atoms with Gasteiger partial charge >= 0.3 is 0 Å². The van der Waals surface area contributed by atoms with Gasteiger partial charge in [0.25, 0.3) is 0 Å². The standard InChI is InChI=1S/C17H17NO3/c1-10(6-12-4-3-5-21-12)13-8-17(20)18-15-9-16(19)11(2)7-14(13)15/h3-7,9,13,19H,8H2,1-2H3,(H,18,20)/b10-6+/t13-/m1/s1. The number of phenols is 1. The van der Waals surface area contributed by atoms with E-state index >= 15 is 0 Å². The molecule has 3 rings (SSSR count). The molecular formula is C17H17NO3. The predicted molar refractivity (Wildman–Crippen MR) is 81.2 cm³/mol. The maximum absolute atomic E-state index is 11.9. The number of aryl methyl sites for hydroxylation is 1. The highest BCUT2D eigenvalue weighted by Gasteiger charge is 2.27. The molecule has 108 valence electrons. The molecule has 0 fully saturated rings. The summed E-state index contributed by atoms with van der Waals surface area (Å²) in [6.45, 7) is 3.85. The van der Waals surface area contributed by atoms with Gasteiger partial charge in [-0.2, -0.15) is 0 Å². The second-order valence-electron chi connectivity index (χ2n) is 5.43. The second kappa shape index (κ2) is 5.13. The predicted octanol–water partition coefficient (Wildman–Crippen LogP) is 3.82. The minimum Gasteiger partial charge on any atom is -0.508 e. The minimum atomic E-state index is -0.0389. The molecule has 1 aliphatic rings. The van der Waals surface area contributed by atoms with Crippen molar-refractivity contribution in [2.24, 2.45) is 0 Å². The number of hydrogen-bond donors (Lipinski definition) is 2. The molecule has 0 spiro atoms. The van der Waals surface area contributed by atoms with Crippen LogP contribution < -0.4 is 5.32 Å². The van der Waals surface area contributed by atoms with Gasteiger partial charge in [0.15, 0.2) is 0 Å². The van der Waals surface area contributed by atoms with Crippen LogP contribution in [0.1, 0.15) is 36.1 Å². The van der Waals surface area contributed by atoms with Crippen molar-refractivity contribution in [1.29, 1.82) is 0 Å². The van der Waals surface area contributed by atoms with Crippen molar-refractivity contribution in [2.75, 3.05) is 5.32 Å². The van der Waals surface area contributed by atoms with Crippen LogP contribution in [-0.4, -0.2) is 11.0 Å². The van der Waals surface area contributed by atoms with Crippen LogP contribution in [0.2, 0.25) is 0 Å². The first-order valence-electron chi connectivity index (χ1n) is 6.89. The Morgan fingerprint density at radius 2 is 2.29 bits per heavy atom. The summed E-state index contributed by atoms with van der Waals surface area (Å²) in [6.07, 6.45) is 3.98. The van der Waals surface area contributed by atoms with Crippen molar-refractivity contribution in [3.05, 3.63) is 53.0 Å². The maximum Gasteiger partial charge on any atom is 0.225 e. The average Bonchev–Trinajstić information content (AvgIpc) is 2.92. The van der Waals surface area contributed by atoms with Crippen LogP contribution in [0, 0.1) is 6.92 Å². The van der Waals surface area contributed by atoms with Gasteiger partial charge in [-0.15, -0.1) is 0 Å². The van der Waals surface area contributed by atoms with Gasteiger partial charge in [0, 0.05) is 24.1 Å². The minimum absolute atomic E-state index is 0.00171. The number of furan rings is 1. The number of anilines is 1. The molecule has 0 bridgehead atoms. The number of carbonyl (C=O) groups excluding carboxylic acids is 1. The van der Waals surface area contributed by atoms with Gasteiger partial charge in [-0.1, -0.05) is 5.57 Å². The Hall–Kier alpha value is -2.49. The Morgan fingerprint density at radius 3 is 3.00 bits per heavy atom. The fraction of sp³-hybridized carbons (Fsp3) is 0.235. The van der Waals surface area contributed by atoms with E-state index in [-0.39, 0.29) is 17.6 Å². The van der Waals surface area contributed by atoms with E-state index < -0.39 is 0 Å². The number of rotatable bonds is 2. The lowest BCUT2D eigenvalue weighted by molar-refractivity contribution is -0.116. The third kappa shape index (κ3) is 2.57. The van der Waals surface area contributed by atoms with Gasteiger partial charge in [0.2, 0.25) is 5.91 Å². The fourth-order valence-electron chi connectivity index (χ4n) is 2.72. The molecular weight excluding hydrogens is 266 g/mol. The molecule has 4 heteroatoms. The molecule has 2 N–H and O–H groups in total. The summed E-state index contributed by atoms with van der Waals surface area (Å²) < 4.78 is 5.34. The van der Waals surface area contributed by atoms with E-state index in [2.05, 4.69) is 5.32 Å². The quantitative estimate of drug-likeness (QED) is 0.880. The summed E-state index contributed by atoms with van der Waals surface area (Å²) in [5.41, 5.74) is 3.59. The second-order valence-corrected chi connectivity index (χ2v) is 5.43. The topological polar surface area (TPSA) is 62.5 Å². The van der Waals surface area contributed by atoms with E-state index in [4.69, 9.17) is 4.42 Å². The van der Waals surface area contributed by atoms with Gasteiger partial charge in [0.1, 0.15) is 11.5 Å². The van der Waals surface area contributed by atoms with Crippen LogP contribution in [0.4, 0.5) is 5.69 Å². The zero-order chi connectivity index (χ0) is 15.0. The number of hydrogen-bond acceptors (Lipinski definition) is 3. The van der Waals surface area contributed by atoms with E-state index in [1.54, 1.807) is 12.3 Å². The van der Waals surface area contributed by atoms with Gasteiger partial charge in [-0.25, -0.2) is 0 Å². The van der Waals surface area contributed by atoms with Crippen molar-refractivity contribution in [1.82, 2.24) is 0 Å². The molecule has 4 nitrogen and oxygen atoms in total. The Labute approximate surface area is 123 Å². The first-order chi connectivity index (χ1) is 10.0. The SMILES string of the molecule is C/C(=C\c1ccco1)[C@H]1CC(=O)Nc2cc(O)c(C)cc21. The van der Waals surface area contributed by atoms with E-state index in [0.717, 1.165) is 22.5 Å². The Bertz CT molecular complexity index is 714. The van der Waals surface area contributed by atoms with E-state index in [9.17, 15) is 9.90 Å². The monoisotopic (exact) mass is 283 g/mol. The first kappa shape index (κ1) is 13.5. The molecule has 0 saturated carbocycles. The summed E-state index contributed by atoms with van der Waals surface area (Å²) in [5.74, 6) is 0.930. The molecule has 1 aliphatic heterocycles. The average molecular weight is 283 g/mol. The third-order valence-electron chi connectivity index (χ3n) is 3.87. The van der Waals surface area contributed by atoms with Crippen LogP contribution >= 0.6 is 0 Å². The van der Waals surface area contributed by atoms with Crippen LogP contribution in [0.5, 0.6) is 5.75 Å². The van der Waals surface area contributed by atoms with Gasteiger partial charge < -0.3 is 14.8 Å². The largest absolute Gasteiger partial charge is 0.508 e. The van der Waals surface area contributed by atoms with Crippen molar-refractivity contribution in [3.8, 4) is 5.75 Å². The van der Waals surface area contributed by atoms with Crippen LogP contribution in [-0.2, 0) is 4.79 Å². The van der Waals surface area contributed by atoms with Crippen LogP contribution in [0.3, 0.4) is 0 Å². The number of phenolic OH excluding ortho intramolecular Hbond substituents is 1. The van der Waals surface area contributed by atoms with Crippen LogP contribution in [0.25, 0.3) is 6.08 Å². The highest BCUT2D eigenvalue weighted by atomic mass is 16.3. The number of carbonyl (C=O) groups is 1.